The molecule has 0 aliphatic heterocycles. The van der Waals surface area contributed by atoms with Crippen LogP contribution in [0, 0.1) is 5.41 Å². The molecule has 0 unspecified atom stereocenters. The molecule has 0 heterocycles. The van der Waals surface area contributed by atoms with E-state index in [1.807, 2.05) is 7.05 Å². The molecule has 0 bridgehead atoms. The Bertz CT molecular complexity index is 383. The normalized spacial score (nSPS) is 16.9. The zero-order chi connectivity index (χ0) is 12.3. The molecule has 1 aromatic rings. The first-order valence-corrected chi connectivity index (χ1v) is 6.53. The van der Waals surface area contributed by atoms with Crippen molar-refractivity contribution in [2.75, 3.05) is 20.7 Å². The summed E-state index contributed by atoms with van der Waals surface area (Å²) in [7, 11) is 3.81. The molecule has 0 amide bonds. The van der Waals surface area contributed by atoms with Gasteiger partial charge in [0, 0.05) is 6.54 Å². The van der Waals surface area contributed by atoms with E-state index < -0.39 is 0 Å². The molecule has 1 fully saturated rings. The Morgan fingerprint density at radius 2 is 2.12 bits per heavy atom. The number of hydrogen-bond acceptors (Lipinski definition) is 2. The summed E-state index contributed by atoms with van der Waals surface area (Å²) >= 11 is 0. The number of benzene rings is 1. The Hall–Kier alpha value is -1.02. The van der Waals surface area contributed by atoms with E-state index in [2.05, 4.69) is 30.4 Å². The van der Waals surface area contributed by atoms with Crippen LogP contribution in [0.25, 0.3) is 0 Å². The van der Waals surface area contributed by atoms with Crippen molar-refractivity contribution in [3.63, 3.8) is 0 Å². The van der Waals surface area contributed by atoms with Crippen molar-refractivity contribution in [1.29, 1.82) is 0 Å². The van der Waals surface area contributed by atoms with E-state index in [1.54, 1.807) is 7.11 Å². The summed E-state index contributed by atoms with van der Waals surface area (Å²) in [5.74, 6) is 1.05. The third-order valence-corrected chi connectivity index (χ3v) is 3.83. The molecular weight excluding hydrogens is 210 g/mol. The van der Waals surface area contributed by atoms with Crippen LogP contribution in [-0.4, -0.2) is 20.7 Å². The average molecular weight is 233 g/mol. The topological polar surface area (TPSA) is 21.3 Å². The SMILES string of the molecule is CCc1ccc(OC)c(CC2(CNC)CC2)c1. The zero-order valence-corrected chi connectivity index (χ0v) is 11.2. The summed E-state index contributed by atoms with van der Waals surface area (Å²) in [5.41, 5.74) is 3.27. The standard InChI is InChI=1S/C15H23NO/c1-4-12-5-6-14(17-3)13(9-12)10-15(7-8-15)11-16-2/h5-6,9,16H,4,7-8,10-11H2,1-3H3. The molecule has 0 spiro atoms. The van der Waals surface area contributed by atoms with Crippen LogP contribution in [-0.2, 0) is 12.8 Å². The number of nitrogens with one attached hydrogen (secondary N) is 1. The monoisotopic (exact) mass is 233 g/mol. The van der Waals surface area contributed by atoms with Crippen molar-refractivity contribution in [3.05, 3.63) is 29.3 Å². The van der Waals surface area contributed by atoms with E-state index in [0.29, 0.717) is 5.41 Å². The summed E-state index contributed by atoms with van der Waals surface area (Å²) in [6, 6.07) is 6.60. The maximum atomic E-state index is 5.48. The molecule has 1 aromatic carbocycles. The van der Waals surface area contributed by atoms with Crippen LogP contribution in [0.5, 0.6) is 5.75 Å². The first-order valence-electron chi connectivity index (χ1n) is 6.53. The minimum atomic E-state index is 0.494. The zero-order valence-electron chi connectivity index (χ0n) is 11.2. The summed E-state index contributed by atoms with van der Waals surface area (Å²) < 4.78 is 5.48. The van der Waals surface area contributed by atoms with Gasteiger partial charge in [0.1, 0.15) is 5.75 Å². The lowest BCUT2D eigenvalue weighted by Gasteiger charge is -2.17. The highest BCUT2D eigenvalue weighted by Gasteiger charge is 2.42. The van der Waals surface area contributed by atoms with E-state index >= 15 is 0 Å². The molecule has 0 saturated heterocycles. The van der Waals surface area contributed by atoms with Gasteiger partial charge in [-0.25, -0.2) is 0 Å². The quantitative estimate of drug-likeness (QED) is 0.816. The van der Waals surface area contributed by atoms with Gasteiger partial charge in [-0.05, 0) is 55.3 Å². The Balaban J connectivity index is 2.18. The van der Waals surface area contributed by atoms with E-state index in [4.69, 9.17) is 4.74 Å². The highest BCUT2D eigenvalue weighted by atomic mass is 16.5. The van der Waals surface area contributed by atoms with Gasteiger partial charge in [0.05, 0.1) is 7.11 Å². The lowest BCUT2D eigenvalue weighted by molar-refractivity contribution is 0.399. The predicted octanol–water partition coefficient (Wildman–Crippen LogP) is 2.80. The van der Waals surface area contributed by atoms with Crippen molar-refractivity contribution in [3.8, 4) is 5.75 Å². The second-order valence-electron chi connectivity index (χ2n) is 5.21. The Morgan fingerprint density at radius 3 is 2.65 bits per heavy atom. The molecule has 2 heteroatoms. The number of rotatable bonds is 6. The van der Waals surface area contributed by atoms with Gasteiger partial charge in [0.2, 0.25) is 0 Å². The number of ether oxygens (including phenoxy) is 1. The number of aryl methyl sites for hydroxylation is 1. The second-order valence-corrected chi connectivity index (χ2v) is 5.21. The molecule has 17 heavy (non-hydrogen) atoms. The van der Waals surface area contributed by atoms with Crippen molar-refractivity contribution in [2.24, 2.45) is 5.41 Å². The first-order chi connectivity index (χ1) is 8.23. The summed E-state index contributed by atoms with van der Waals surface area (Å²) in [6.45, 7) is 3.32. The fourth-order valence-corrected chi connectivity index (χ4v) is 2.56. The minimum Gasteiger partial charge on any atom is -0.496 e. The average Bonchev–Trinajstić information content (AvgIpc) is 3.09. The first kappa shape index (κ1) is 12.4. The van der Waals surface area contributed by atoms with Crippen LogP contribution in [0.2, 0.25) is 0 Å². The molecule has 0 radical (unpaired) electrons. The lowest BCUT2D eigenvalue weighted by Crippen LogP contribution is -2.22. The van der Waals surface area contributed by atoms with Crippen molar-refractivity contribution in [2.45, 2.75) is 32.6 Å². The second kappa shape index (κ2) is 5.09. The molecule has 2 rings (SSSR count). The van der Waals surface area contributed by atoms with E-state index in [9.17, 15) is 0 Å². The van der Waals surface area contributed by atoms with Gasteiger partial charge in [-0.15, -0.1) is 0 Å². The largest absolute Gasteiger partial charge is 0.496 e. The van der Waals surface area contributed by atoms with E-state index in [0.717, 1.165) is 25.1 Å². The van der Waals surface area contributed by atoms with E-state index in [-0.39, 0.29) is 0 Å². The smallest absolute Gasteiger partial charge is 0.122 e. The molecule has 2 nitrogen and oxygen atoms in total. The molecule has 94 valence electrons. The van der Waals surface area contributed by atoms with Gasteiger partial charge in [-0.2, -0.15) is 0 Å². The maximum absolute atomic E-state index is 5.48. The van der Waals surface area contributed by atoms with Crippen LogP contribution in [0.1, 0.15) is 30.9 Å². The molecule has 0 atom stereocenters. The van der Waals surface area contributed by atoms with Crippen LogP contribution in [0.3, 0.4) is 0 Å². The van der Waals surface area contributed by atoms with Gasteiger partial charge in [0.25, 0.3) is 0 Å². The summed E-state index contributed by atoms with van der Waals surface area (Å²) in [6.07, 6.45) is 4.92. The Morgan fingerprint density at radius 1 is 1.35 bits per heavy atom. The Kier molecular flexibility index (Phi) is 3.72. The Labute approximate surface area is 104 Å². The number of hydrogen-bond donors (Lipinski definition) is 1. The third-order valence-electron chi connectivity index (χ3n) is 3.83. The molecule has 1 N–H and O–H groups in total. The highest BCUT2D eigenvalue weighted by molar-refractivity contribution is 5.38. The van der Waals surface area contributed by atoms with E-state index in [1.165, 1.54) is 24.0 Å². The fraction of sp³-hybridized carbons (Fsp3) is 0.600. The molecule has 1 aliphatic carbocycles. The van der Waals surface area contributed by atoms with Gasteiger partial charge >= 0.3 is 0 Å². The fourth-order valence-electron chi connectivity index (χ4n) is 2.56. The molecule has 1 aliphatic rings. The minimum absolute atomic E-state index is 0.494. The van der Waals surface area contributed by atoms with Crippen molar-refractivity contribution < 1.29 is 4.74 Å². The number of methoxy groups -OCH3 is 1. The maximum Gasteiger partial charge on any atom is 0.122 e. The molecular formula is C15H23NO. The van der Waals surface area contributed by atoms with Crippen LogP contribution in [0.15, 0.2) is 18.2 Å². The van der Waals surface area contributed by atoms with Gasteiger partial charge < -0.3 is 10.1 Å². The summed E-state index contributed by atoms with van der Waals surface area (Å²) in [5, 5.41) is 3.32. The van der Waals surface area contributed by atoms with Crippen LogP contribution >= 0.6 is 0 Å². The van der Waals surface area contributed by atoms with Crippen LogP contribution in [0.4, 0.5) is 0 Å². The lowest BCUT2D eigenvalue weighted by atomic mass is 9.94. The van der Waals surface area contributed by atoms with Gasteiger partial charge in [-0.1, -0.05) is 19.1 Å². The van der Waals surface area contributed by atoms with Crippen molar-refractivity contribution >= 4 is 0 Å². The molecule has 0 aromatic heterocycles. The van der Waals surface area contributed by atoms with Crippen LogP contribution < -0.4 is 10.1 Å². The van der Waals surface area contributed by atoms with Gasteiger partial charge in [0.15, 0.2) is 0 Å². The molecule has 1 saturated carbocycles. The summed E-state index contributed by atoms with van der Waals surface area (Å²) in [4.78, 5) is 0. The third kappa shape index (κ3) is 2.81. The van der Waals surface area contributed by atoms with Crippen molar-refractivity contribution in [1.82, 2.24) is 5.32 Å². The highest BCUT2D eigenvalue weighted by Crippen LogP contribution is 2.48. The van der Waals surface area contributed by atoms with Gasteiger partial charge in [-0.3, -0.25) is 0 Å². The predicted molar refractivity (Wildman–Crippen MR) is 71.7 cm³/mol.